The molecule has 5 N–H and O–H groups in total. The second-order valence-electron chi connectivity index (χ2n) is 19.6. The van der Waals surface area contributed by atoms with Crippen molar-refractivity contribution in [2.75, 3.05) is 10.6 Å². The smallest absolute Gasteiger partial charge is 0.295 e. The van der Waals surface area contributed by atoms with Gasteiger partial charge in [0.2, 0.25) is 0 Å². The summed E-state index contributed by atoms with van der Waals surface area (Å²) in [6.07, 6.45) is 3.46. The molecule has 0 radical (unpaired) electrons. The molecule has 0 aliphatic heterocycles. The van der Waals surface area contributed by atoms with E-state index >= 15 is 0 Å². The van der Waals surface area contributed by atoms with Crippen LogP contribution < -0.4 is 10.6 Å². The van der Waals surface area contributed by atoms with E-state index in [1.165, 1.54) is 47.0 Å². The van der Waals surface area contributed by atoms with E-state index in [9.17, 15) is 62.9 Å². The Morgan fingerprint density at radius 2 is 0.887 bits per heavy atom. The first-order valence-electron chi connectivity index (χ1n) is 24.4. The molecule has 4 heterocycles. The van der Waals surface area contributed by atoms with Crippen LogP contribution in [0.1, 0.15) is 64.2 Å². The van der Waals surface area contributed by atoms with Crippen molar-refractivity contribution in [3.63, 3.8) is 0 Å². The van der Waals surface area contributed by atoms with Gasteiger partial charge in [-0.05, 0) is 124 Å². The van der Waals surface area contributed by atoms with Gasteiger partial charge < -0.3 is 28.9 Å². The number of aryl methyl sites for hydroxylation is 4. The Kier molecular flexibility index (Phi) is 13.9. The molecule has 80 heavy (non-hydrogen) atoms. The zero-order chi connectivity index (χ0) is 57.3. The molecule has 0 saturated heterocycles. The summed E-state index contributed by atoms with van der Waals surface area (Å²) >= 11 is 0. The van der Waals surface area contributed by atoms with Gasteiger partial charge in [-0.3, -0.25) is 37.6 Å². The molecule has 20 nitrogen and oxygen atoms in total. The molecule has 4 aromatic heterocycles. The Balaban J connectivity index is 0.765. The van der Waals surface area contributed by atoms with Crippen LogP contribution in [0, 0.1) is 0 Å². The van der Waals surface area contributed by atoms with Crippen LogP contribution in [0.4, 0.5) is 11.4 Å². The molecular weight excluding hydrogens is 1090 g/mol. The van der Waals surface area contributed by atoms with E-state index in [1.54, 1.807) is 90.7 Å². The van der Waals surface area contributed by atoms with Crippen LogP contribution in [0.5, 0.6) is 0 Å². The second-order valence-corrected chi connectivity index (χ2v) is 23.8. The standard InChI is InChI=1S/C57H48N6O14S3/c1-60-30-34(20-50(60)56(67)58-40-12-10-36-6-5-7-54(44(36)27-40)79(72,73)74)22-52(65)48-25-38-16-32(8-14-46(38)62(48)3)18-42(64)19-33-9-15-47-39(17-33)26-49(63(47)4)53(66)23-35-21-51(61(2)31-35)57(68)59-41-13-11-37-24-43(78(69,70)71)29-55(45(37)28-41)80(75,76)77/h5-17,20-21,24-31H,18-19,22-23H2,1-4H3,(H,58,67)(H,59,68)(H,69,70,71)(H,72,73,74)(H,75,76,77). The molecule has 0 atom stereocenters. The van der Waals surface area contributed by atoms with Crippen molar-refractivity contribution in [1.29, 1.82) is 0 Å². The molecule has 0 unspecified atom stereocenters. The van der Waals surface area contributed by atoms with Gasteiger partial charge >= 0.3 is 0 Å². The summed E-state index contributed by atoms with van der Waals surface area (Å²) in [5, 5.41) is 7.66. The summed E-state index contributed by atoms with van der Waals surface area (Å²) in [5.41, 5.74) is 5.81. The van der Waals surface area contributed by atoms with Gasteiger partial charge in [0, 0.05) is 110 Å². The van der Waals surface area contributed by atoms with Crippen LogP contribution in [0.2, 0.25) is 0 Å². The number of benzene rings is 6. The van der Waals surface area contributed by atoms with Crippen molar-refractivity contribution in [3.8, 4) is 0 Å². The number of nitrogens with zero attached hydrogens (tertiary/aromatic N) is 4. The maximum absolute atomic E-state index is 13.8. The maximum atomic E-state index is 13.8. The van der Waals surface area contributed by atoms with E-state index in [2.05, 4.69) is 10.6 Å². The van der Waals surface area contributed by atoms with Crippen molar-refractivity contribution >= 4 is 114 Å². The van der Waals surface area contributed by atoms with Gasteiger partial charge in [-0.15, -0.1) is 0 Å². The average Bonchev–Trinajstić information content (AvgIpc) is 4.15. The number of anilines is 2. The van der Waals surface area contributed by atoms with Crippen molar-refractivity contribution in [2.45, 2.75) is 40.4 Å². The van der Waals surface area contributed by atoms with Crippen molar-refractivity contribution < 1.29 is 62.9 Å². The van der Waals surface area contributed by atoms with Crippen molar-refractivity contribution in [2.24, 2.45) is 28.2 Å². The molecule has 408 valence electrons. The number of ketones is 3. The van der Waals surface area contributed by atoms with Crippen LogP contribution >= 0.6 is 0 Å². The highest BCUT2D eigenvalue weighted by molar-refractivity contribution is 7.87. The summed E-state index contributed by atoms with van der Waals surface area (Å²) < 4.78 is 108. The van der Waals surface area contributed by atoms with E-state index in [4.69, 9.17) is 0 Å². The summed E-state index contributed by atoms with van der Waals surface area (Å²) in [4.78, 5) is 66.2. The Morgan fingerprint density at radius 3 is 1.35 bits per heavy atom. The van der Waals surface area contributed by atoms with Gasteiger partial charge in [0.05, 0.1) is 16.3 Å². The van der Waals surface area contributed by atoms with Crippen molar-refractivity contribution in [3.05, 3.63) is 185 Å². The number of amides is 2. The fourth-order valence-electron chi connectivity index (χ4n) is 10.2. The lowest BCUT2D eigenvalue weighted by atomic mass is 10.0. The Morgan fingerprint density at radius 1 is 0.425 bits per heavy atom. The Labute approximate surface area is 457 Å². The summed E-state index contributed by atoms with van der Waals surface area (Å²) in [6.45, 7) is 0. The number of carbonyl (C=O) groups is 5. The lowest BCUT2D eigenvalue weighted by Gasteiger charge is -2.10. The van der Waals surface area contributed by atoms with E-state index in [0.29, 0.717) is 39.7 Å². The molecule has 0 fully saturated rings. The first kappa shape index (κ1) is 54.5. The van der Waals surface area contributed by atoms with Crippen LogP contribution in [0.15, 0.2) is 154 Å². The third-order valence-electron chi connectivity index (χ3n) is 14.0. The highest BCUT2D eigenvalue weighted by atomic mass is 32.2. The number of hydrogen-bond donors (Lipinski definition) is 5. The molecule has 6 aromatic carbocycles. The van der Waals surface area contributed by atoms with Crippen molar-refractivity contribution in [1.82, 2.24) is 18.3 Å². The lowest BCUT2D eigenvalue weighted by Crippen LogP contribution is -2.15. The summed E-state index contributed by atoms with van der Waals surface area (Å²) in [6, 6.07) is 32.5. The fraction of sp³-hybridized carbons (Fsp3) is 0.140. The minimum absolute atomic E-state index is 0.0132. The number of aromatic nitrogens is 4. The van der Waals surface area contributed by atoms with E-state index in [0.717, 1.165) is 39.0 Å². The third kappa shape index (κ3) is 11.0. The lowest BCUT2D eigenvalue weighted by molar-refractivity contribution is -0.117. The number of fused-ring (bicyclic) bond motifs is 4. The molecular formula is C57H48N6O14S3. The second kappa shape index (κ2) is 20.4. The highest BCUT2D eigenvalue weighted by Crippen LogP contribution is 2.32. The quantitative estimate of drug-likeness (QED) is 0.0425. The van der Waals surface area contributed by atoms with Gasteiger partial charge in [-0.2, -0.15) is 25.3 Å². The van der Waals surface area contributed by atoms with Gasteiger partial charge in [0.15, 0.2) is 11.6 Å². The third-order valence-corrected chi connectivity index (χ3v) is 16.6. The molecule has 10 rings (SSSR count). The highest BCUT2D eigenvalue weighted by Gasteiger charge is 2.24. The number of carbonyl (C=O) groups excluding carboxylic acids is 5. The molecule has 10 aromatic rings. The minimum atomic E-state index is -4.97. The zero-order valence-electron chi connectivity index (χ0n) is 43.0. The van der Waals surface area contributed by atoms with Crippen LogP contribution in [-0.2, 0) is 89.0 Å². The first-order valence-corrected chi connectivity index (χ1v) is 28.7. The predicted molar refractivity (Wildman–Crippen MR) is 298 cm³/mol. The van der Waals surface area contributed by atoms with E-state index in [1.807, 2.05) is 36.4 Å². The molecule has 0 aliphatic rings. The normalized spacial score (nSPS) is 12.2. The molecule has 0 bridgehead atoms. The maximum Gasteiger partial charge on any atom is 0.295 e. The Hall–Kier alpha value is -8.84. The SMILES string of the molecule is Cn1cc(CC(=O)c2cc3cc(CC(=O)Cc4ccc5c(c4)cc(C(=O)Cc4cc(C(=O)Nc6ccc7cc(S(=O)(=O)O)cc(S(=O)(=O)O)c7c6)n(C)c4)n5C)ccc3n2C)cc1C(=O)Nc1ccc2cccc(S(=O)(=O)O)c2c1. The van der Waals surface area contributed by atoms with Crippen LogP contribution in [-0.4, -0.2) is 86.3 Å². The topological polar surface area (TPSA) is 292 Å². The summed E-state index contributed by atoms with van der Waals surface area (Å²) in [7, 11) is -7.49. The predicted octanol–water partition coefficient (Wildman–Crippen LogP) is 8.10. The fourth-order valence-corrected chi connectivity index (χ4v) is 12.3. The molecule has 0 saturated carbocycles. The van der Waals surface area contributed by atoms with E-state index in [-0.39, 0.29) is 81.2 Å². The number of Topliss-reactive ketones (excluding diaryl/α,β-unsaturated/α-hetero) is 3. The van der Waals surface area contributed by atoms with Gasteiger partial charge in [0.25, 0.3) is 42.2 Å². The molecule has 0 aliphatic carbocycles. The van der Waals surface area contributed by atoms with Gasteiger partial charge in [-0.1, -0.05) is 36.4 Å². The number of nitrogens with one attached hydrogen (secondary N) is 2. The number of rotatable bonds is 17. The van der Waals surface area contributed by atoms with Gasteiger partial charge in [-0.25, -0.2) is 0 Å². The van der Waals surface area contributed by atoms with Crippen LogP contribution in [0.3, 0.4) is 0 Å². The Bertz CT molecular complexity index is 4680. The molecule has 2 amide bonds. The minimum Gasteiger partial charge on any atom is -0.346 e. The largest absolute Gasteiger partial charge is 0.346 e. The zero-order valence-corrected chi connectivity index (χ0v) is 45.4. The first-order chi connectivity index (χ1) is 37.7. The van der Waals surface area contributed by atoms with Gasteiger partial charge in [0.1, 0.15) is 27.0 Å². The average molecular weight is 1140 g/mol. The number of hydrogen-bond acceptors (Lipinski definition) is 11. The molecule has 0 spiro atoms. The summed E-state index contributed by atoms with van der Waals surface area (Å²) in [5.74, 6) is -1.61. The molecule has 23 heteroatoms. The van der Waals surface area contributed by atoms with E-state index < -0.39 is 52.0 Å². The monoisotopic (exact) mass is 1140 g/mol. The van der Waals surface area contributed by atoms with Crippen LogP contribution in [0.25, 0.3) is 43.4 Å².